The Bertz CT molecular complexity index is 442. The molecule has 2 rings (SSSR count). The van der Waals surface area contributed by atoms with E-state index in [0.29, 0.717) is 5.25 Å². The zero-order chi connectivity index (χ0) is 13.1. The van der Waals surface area contributed by atoms with Crippen molar-refractivity contribution in [1.82, 2.24) is 0 Å². The monoisotopic (exact) mass is 262 g/mol. The quantitative estimate of drug-likeness (QED) is 0.640. The van der Waals surface area contributed by atoms with Gasteiger partial charge in [-0.15, -0.1) is 11.8 Å². The molecule has 1 saturated carbocycles. The molecular weight excluding hydrogens is 240 g/mol. The van der Waals surface area contributed by atoms with Gasteiger partial charge < -0.3 is 5.73 Å². The van der Waals surface area contributed by atoms with Gasteiger partial charge in [-0.2, -0.15) is 0 Å². The molecule has 2 atom stereocenters. The second-order valence-corrected chi connectivity index (χ2v) is 6.77. The first-order valence-corrected chi connectivity index (χ1v) is 7.56. The van der Waals surface area contributed by atoms with Gasteiger partial charge in [0.1, 0.15) is 5.84 Å². The first-order chi connectivity index (χ1) is 8.56. The number of thioether (sulfide) groups is 1. The average molecular weight is 262 g/mol. The molecule has 1 fully saturated rings. The second-order valence-electron chi connectivity index (χ2n) is 5.42. The van der Waals surface area contributed by atoms with Crippen LogP contribution >= 0.6 is 11.8 Å². The van der Waals surface area contributed by atoms with Gasteiger partial charge in [-0.25, -0.2) is 0 Å². The highest BCUT2D eigenvalue weighted by atomic mass is 32.2. The number of nitrogen functional groups attached to an aromatic ring is 1. The third kappa shape index (κ3) is 3.29. The summed E-state index contributed by atoms with van der Waals surface area (Å²) in [5.74, 6) is 1.02. The molecule has 0 aliphatic heterocycles. The van der Waals surface area contributed by atoms with Crippen molar-refractivity contribution < 1.29 is 0 Å². The lowest BCUT2D eigenvalue weighted by atomic mass is 9.91. The number of amidine groups is 1. The summed E-state index contributed by atoms with van der Waals surface area (Å²) in [6.07, 6.45) is 5.28. The van der Waals surface area contributed by atoms with Crippen LogP contribution in [0.3, 0.4) is 0 Å². The molecule has 0 radical (unpaired) electrons. The van der Waals surface area contributed by atoms with Crippen LogP contribution < -0.4 is 5.73 Å². The Labute approximate surface area is 114 Å². The van der Waals surface area contributed by atoms with Crippen LogP contribution in [0, 0.1) is 18.3 Å². The van der Waals surface area contributed by atoms with Gasteiger partial charge in [-0.3, -0.25) is 5.41 Å². The number of nitrogens with two attached hydrogens (primary N) is 1. The van der Waals surface area contributed by atoms with Crippen LogP contribution in [0.25, 0.3) is 0 Å². The number of nitrogens with one attached hydrogen (secondary N) is 1. The second kappa shape index (κ2) is 5.79. The fourth-order valence-electron chi connectivity index (χ4n) is 2.61. The van der Waals surface area contributed by atoms with Crippen molar-refractivity contribution in [3.63, 3.8) is 0 Å². The highest BCUT2D eigenvalue weighted by molar-refractivity contribution is 8.00. The number of rotatable bonds is 3. The van der Waals surface area contributed by atoms with Gasteiger partial charge in [0.2, 0.25) is 0 Å². The first kappa shape index (κ1) is 13.5. The van der Waals surface area contributed by atoms with E-state index in [2.05, 4.69) is 19.9 Å². The van der Waals surface area contributed by atoms with Crippen LogP contribution in [0.15, 0.2) is 23.1 Å². The SMILES string of the molecule is Cc1ccc(C(=N)N)c(SC2CCCC(C)C2)c1. The van der Waals surface area contributed by atoms with E-state index in [-0.39, 0.29) is 5.84 Å². The average Bonchev–Trinajstić information content (AvgIpc) is 2.28. The molecule has 3 heteroatoms. The summed E-state index contributed by atoms with van der Waals surface area (Å²) in [5.41, 5.74) is 7.80. The molecule has 1 aromatic rings. The zero-order valence-corrected chi connectivity index (χ0v) is 12.0. The van der Waals surface area contributed by atoms with Crippen molar-refractivity contribution in [2.24, 2.45) is 11.7 Å². The molecule has 0 saturated heterocycles. The van der Waals surface area contributed by atoms with Gasteiger partial charge in [0, 0.05) is 15.7 Å². The summed E-state index contributed by atoms with van der Waals surface area (Å²) in [4.78, 5) is 1.18. The highest BCUT2D eigenvalue weighted by Gasteiger charge is 2.21. The Morgan fingerprint density at radius 1 is 1.39 bits per heavy atom. The van der Waals surface area contributed by atoms with E-state index in [4.69, 9.17) is 11.1 Å². The maximum atomic E-state index is 7.67. The molecule has 1 aromatic carbocycles. The lowest BCUT2D eigenvalue weighted by Crippen LogP contribution is -2.17. The molecule has 0 bridgehead atoms. The summed E-state index contributed by atoms with van der Waals surface area (Å²) >= 11 is 1.92. The van der Waals surface area contributed by atoms with Gasteiger partial charge in [-0.1, -0.05) is 25.8 Å². The smallest absolute Gasteiger partial charge is 0.123 e. The summed E-state index contributed by atoms with van der Waals surface area (Å²) < 4.78 is 0. The highest BCUT2D eigenvalue weighted by Crippen LogP contribution is 2.37. The van der Waals surface area contributed by atoms with Gasteiger partial charge in [0.05, 0.1) is 0 Å². The number of benzene rings is 1. The standard InChI is InChI=1S/C15H22N2S/c1-10-4-3-5-12(8-10)18-14-9-11(2)6-7-13(14)15(16)17/h6-7,9-10,12H,3-5,8H2,1-2H3,(H3,16,17). The van der Waals surface area contributed by atoms with Crippen molar-refractivity contribution >= 4 is 17.6 Å². The Morgan fingerprint density at radius 2 is 2.17 bits per heavy atom. The normalized spacial score (nSPS) is 23.9. The molecule has 2 nitrogen and oxygen atoms in total. The van der Waals surface area contributed by atoms with E-state index in [1.54, 1.807) is 0 Å². The maximum absolute atomic E-state index is 7.67. The maximum Gasteiger partial charge on any atom is 0.123 e. The van der Waals surface area contributed by atoms with Crippen LogP contribution in [0.1, 0.15) is 43.7 Å². The Hall–Kier alpha value is -0.960. The van der Waals surface area contributed by atoms with Gasteiger partial charge in [0.25, 0.3) is 0 Å². The van der Waals surface area contributed by atoms with Crippen molar-refractivity contribution in [3.05, 3.63) is 29.3 Å². The van der Waals surface area contributed by atoms with Crippen LogP contribution in [-0.4, -0.2) is 11.1 Å². The molecular formula is C15H22N2S. The molecule has 98 valence electrons. The van der Waals surface area contributed by atoms with Crippen LogP contribution in [-0.2, 0) is 0 Å². The fourth-order valence-corrected chi connectivity index (χ4v) is 4.24. The third-order valence-corrected chi connectivity index (χ3v) is 4.96. The topological polar surface area (TPSA) is 49.9 Å². The van der Waals surface area contributed by atoms with Crippen molar-refractivity contribution in [2.45, 2.75) is 49.7 Å². The lowest BCUT2D eigenvalue weighted by molar-refractivity contribution is 0.394. The van der Waals surface area contributed by atoms with Crippen molar-refractivity contribution in [2.75, 3.05) is 0 Å². The lowest BCUT2D eigenvalue weighted by Gasteiger charge is -2.26. The summed E-state index contributed by atoms with van der Waals surface area (Å²) in [5, 5.41) is 8.36. The fraction of sp³-hybridized carbons (Fsp3) is 0.533. The predicted molar refractivity (Wildman–Crippen MR) is 79.5 cm³/mol. The third-order valence-electron chi connectivity index (χ3n) is 3.61. The summed E-state index contributed by atoms with van der Waals surface area (Å²) in [7, 11) is 0. The Balaban J connectivity index is 2.16. The molecule has 3 N–H and O–H groups in total. The van der Waals surface area contributed by atoms with Crippen molar-refractivity contribution in [3.8, 4) is 0 Å². The van der Waals surface area contributed by atoms with E-state index >= 15 is 0 Å². The Morgan fingerprint density at radius 3 is 2.83 bits per heavy atom. The summed E-state index contributed by atoms with van der Waals surface area (Å²) in [6, 6.07) is 6.18. The molecule has 2 unspecified atom stereocenters. The molecule has 18 heavy (non-hydrogen) atoms. The van der Waals surface area contributed by atoms with Crippen LogP contribution in [0.2, 0.25) is 0 Å². The molecule has 0 heterocycles. The van der Waals surface area contributed by atoms with E-state index in [0.717, 1.165) is 11.5 Å². The minimum Gasteiger partial charge on any atom is -0.384 e. The predicted octanol–water partition coefficient (Wildman–Crippen LogP) is 3.95. The molecule has 0 amide bonds. The minimum absolute atomic E-state index is 0.182. The number of aryl methyl sites for hydroxylation is 1. The molecule has 1 aliphatic rings. The summed E-state index contributed by atoms with van der Waals surface area (Å²) in [6.45, 7) is 4.44. The first-order valence-electron chi connectivity index (χ1n) is 6.68. The van der Waals surface area contributed by atoms with Gasteiger partial charge in [0.15, 0.2) is 0 Å². The van der Waals surface area contributed by atoms with E-state index in [1.807, 2.05) is 23.9 Å². The molecule has 1 aliphatic carbocycles. The molecule has 0 aromatic heterocycles. The largest absolute Gasteiger partial charge is 0.384 e. The minimum atomic E-state index is 0.182. The Kier molecular flexibility index (Phi) is 4.33. The zero-order valence-electron chi connectivity index (χ0n) is 11.2. The molecule has 0 spiro atoms. The number of hydrogen-bond acceptors (Lipinski definition) is 2. The van der Waals surface area contributed by atoms with Crippen molar-refractivity contribution in [1.29, 1.82) is 5.41 Å². The van der Waals surface area contributed by atoms with E-state index < -0.39 is 0 Å². The number of hydrogen-bond donors (Lipinski definition) is 2. The van der Waals surface area contributed by atoms with E-state index in [9.17, 15) is 0 Å². The van der Waals surface area contributed by atoms with Gasteiger partial charge >= 0.3 is 0 Å². The van der Waals surface area contributed by atoms with E-state index in [1.165, 1.54) is 36.1 Å². The van der Waals surface area contributed by atoms with Crippen LogP contribution in [0.5, 0.6) is 0 Å². The van der Waals surface area contributed by atoms with Gasteiger partial charge in [-0.05, 0) is 43.4 Å². The van der Waals surface area contributed by atoms with Crippen LogP contribution in [0.4, 0.5) is 0 Å².